The molecule has 1 N–H and O–H groups in total. The van der Waals surface area contributed by atoms with Gasteiger partial charge in [0, 0.05) is 6.42 Å². The summed E-state index contributed by atoms with van der Waals surface area (Å²) in [5.41, 5.74) is 0.999. The van der Waals surface area contributed by atoms with Crippen LogP contribution in [0.2, 0.25) is 0 Å². The first-order valence-electron chi connectivity index (χ1n) is 9.96. The van der Waals surface area contributed by atoms with Crippen molar-refractivity contribution < 1.29 is 23.2 Å². The lowest BCUT2D eigenvalue weighted by Gasteiger charge is -2.24. The summed E-state index contributed by atoms with van der Waals surface area (Å²) < 4.78 is 33.3. The van der Waals surface area contributed by atoms with E-state index in [1.54, 1.807) is 32.9 Å². The summed E-state index contributed by atoms with van der Waals surface area (Å²) in [6.07, 6.45) is 1.40. The molecule has 2 aromatic rings. The van der Waals surface area contributed by atoms with E-state index in [4.69, 9.17) is 4.74 Å². The molecule has 7 heteroatoms. The lowest BCUT2D eigenvalue weighted by Crippen LogP contribution is -2.49. The van der Waals surface area contributed by atoms with Gasteiger partial charge in [-0.05, 0) is 74.9 Å². The normalized spacial score (nSPS) is 14.7. The fraction of sp³-hybridized carbons (Fsp3) is 0.391. The van der Waals surface area contributed by atoms with E-state index in [2.05, 4.69) is 5.32 Å². The van der Waals surface area contributed by atoms with Crippen molar-refractivity contribution in [2.75, 3.05) is 5.12 Å². The molecule has 0 spiro atoms. The van der Waals surface area contributed by atoms with Crippen molar-refractivity contribution in [3.63, 3.8) is 0 Å². The minimum Gasteiger partial charge on any atom is -0.444 e. The molecule has 1 aliphatic carbocycles. The lowest BCUT2D eigenvalue weighted by molar-refractivity contribution is -0.123. The number of carbonyl (C=O) groups is 2. The highest BCUT2D eigenvalue weighted by Gasteiger charge is 2.30. The van der Waals surface area contributed by atoms with E-state index < -0.39 is 29.5 Å². The van der Waals surface area contributed by atoms with E-state index in [1.807, 2.05) is 12.1 Å². The van der Waals surface area contributed by atoms with Gasteiger partial charge in [0.25, 0.3) is 5.91 Å². The van der Waals surface area contributed by atoms with Crippen LogP contribution >= 0.6 is 0 Å². The molecule has 0 aliphatic heterocycles. The Balaban J connectivity index is 1.76. The Kier molecular flexibility index (Phi) is 6.39. The Bertz CT molecular complexity index is 888. The minimum atomic E-state index is -1.22. The summed E-state index contributed by atoms with van der Waals surface area (Å²) in [6, 6.07) is 11.0. The van der Waals surface area contributed by atoms with Crippen LogP contribution in [0.3, 0.4) is 0 Å². The lowest BCUT2D eigenvalue weighted by atomic mass is 10.0. The maximum absolute atomic E-state index is 14.9. The molecule has 2 aromatic carbocycles. The topological polar surface area (TPSA) is 58.6 Å². The van der Waals surface area contributed by atoms with Gasteiger partial charge in [0.05, 0.1) is 5.69 Å². The van der Waals surface area contributed by atoms with Crippen molar-refractivity contribution in [1.29, 1.82) is 0 Å². The van der Waals surface area contributed by atoms with Gasteiger partial charge in [-0.2, -0.15) is 0 Å². The van der Waals surface area contributed by atoms with Crippen molar-refractivity contribution in [2.24, 2.45) is 0 Å². The Morgan fingerprint density at radius 1 is 1.10 bits per heavy atom. The van der Waals surface area contributed by atoms with Crippen LogP contribution in [0.15, 0.2) is 48.5 Å². The van der Waals surface area contributed by atoms with E-state index >= 15 is 0 Å². The standard InChI is InChI=1S/C23H26F2N2O3/c1-23(2,3)30-22(29)26-20(14-15-4-10-18(24)11-5-15)21(28)27(25)19-12-8-17(9-13-19)16-6-7-16/h4-5,8-13,16,20H,6-7,14H2,1-3H3,(H,26,29). The fourth-order valence-corrected chi connectivity index (χ4v) is 3.06. The van der Waals surface area contributed by atoms with Crippen LogP contribution in [-0.4, -0.2) is 23.6 Å². The molecule has 1 aliphatic rings. The van der Waals surface area contributed by atoms with Crippen LogP contribution in [0.1, 0.15) is 50.7 Å². The molecule has 3 rings (SSSR count). The Morgan fingerprint density at radius 3 is 2.23 bits per heavy atom. The second-order valence-corrected chi connectivity index (χ2v) is 8.51. The molecule has 5 nitrogen and oxygen atoms in total. The van der Waals surface area contributed by atoms with Crippen LogP contribution in [0.4, 0.5) is 19.4 Å². The number of anilines is 1. The van der Waals surface area contributed by atoms with Gasteiger partial charge in [0.1, 0.15) is 17.5 Å². The summed E-state index contributed by atoms with van der Waals surface area (Å²) >= 11 is 0. The zero-order valence-electron chi connectivity index (χ0n) is 17.3. The monoisotopic (exact) mass is 416 g/mol. The zero-order chi connectivity index (χ0) is 21.9. The maximum Gasteiger partial charge on any atom is 0.408 e. The van der Waals surface area contributed by atoms with Gasteiger partial charge in [-0.15, -0.1) is 5.12 Å². The minimum absolute atomic E-state index is 0.0149. The molecule has 1 fully saturated rings. The Labute approximate surface area is 175 Å². The molecule has 0 aromatic heterocycles. The number of hydrogen-bond acceptors (Lipinski definition) is 3. The van der Waals surface area contributed by atoms with Crippen LogP contribution in [0.5, 0.6) is 0 Å². The predicted octanol–water partition coefficient (Wildman–Crippen LogP) is 5.06. The van der Waals surface area contributed by atoms with Crippen LogP contribution in [0.25, 0.3) is 0 Å². The molecular formula is C23H26F2N2O3. The van der Waals surface area contributed by atoms with E-state index in [9.17, 15) is 18.5 Å². The number of nitrogens with zero attached hydrogens (tertiary/aromatic N) is 1. The Morgan fingerprint density at radius 2 is 1.70 bits per heavy atom. The molecule has 1 atom stereocenters. The molecule has 30 heavy (non-hydrogen) atoms. The second-order valence-electron chi connectivity index (χ2n) is 8.51. The third-order valence-corrected chi connectivity index (χ3v) is 4.70. The summed E-state index contributed by atoms with van der Waals surface area (Å²) in [4.78, 5) is 25.1. The highest BCUT2D eigenvalue weighted by atomic mass is 19.2. The number of halogens is 2. The smallest absolute Gasteiger partial charge is 0.408 e. The molecule has 1 saturated carbocycles. The highest BCUT2D eigenvalue weighted by Crippen LogP contribution is 2.40. The van der Waals surface area contributed by atoms with E-state index in [-0.39, 0.29) is 17.2 Å². The summed E-state index contributed by atoms with van der Waals surface area (Å²) in [7, 11) is 0. The molecular weight excluding hydrogens is 390 g/mol. The number of hydrogen-bond donors (Lipinski definition) is 1. The number of amides is 2. The fourth-order valence-electron chi connectivity index (χ4n) is 3.06. The molecule has 0 saturated heterocycles. The number of ether oxygens (including phenoxy) is 1. The molecule has 0 bridgehead atoms. The third kappa shape index (κ3) is 6.02. The largest absolute Gasteiger partial charge is 0.444 e. The summed E-state index contributed by atoms with van der Waals surface area (Å²) in [6.45, 7) is 5.06. The average Bonchev–Trinajstić information content (AvgIpc) is 3.52. The van der Waals surface area contributed by atoms with Gasteiger partial charge in [0.2, 0.25) is 0 Å². The highest BCUT2D eigenvalue weighted by molar-refractivity contribution is 5.97. The van der Waals surface area contributed by atoms with E-state index in [1.165, 1.54) is 24.3 Å². The van der Waals surface area contributed by atoms with Gasteiger partial charge in [-0.1, -0.05) is 28.7 Å². The van der Waals surface area contributed by atoms with Gasteiger partial charge < -0.3 is 10.1 Å². The number of rotatable bonds is 6. The first kappa shape index (κ1) is 21.7. The quantitative estimate of drug-likeness (QED) is 0.670. The van der Waals surface area contributed by atoms with Crippen molar-refractivity contribution in [2.45, 2.75) is 57.6 Å². The van der Waals surface area contributed by atoms with Crippen molar-refractivity contribution in [1.82, 2.24) is 5.32 Å². The van der Waals surface area contributed by atoms with Crippen molar-refractivity contribution >= 4 is 17.7 Å². The van der Waals surface area contributed by atoms with Gasteiger partial charge in [-0.3, -0.25) is 4.79 Å². The second kappa shape index (κ2) is 8.81. The first-order chi connectivity index (χ1) is 14.1. The maximum atomic E-state index is 14.9. The number of benzene rings is 2. The van der Waals surface area contributed by atoms with Crippen LogP contribution in [0, 0.1) is 5.82 Å². The number of nitrogens with one attached hydrogen (secondary N) is 1. The van der Waals surface area contributed by atoms with Gasteiger partial charge in [-0.25, -0.2) is 9.18 Å². The predicted molar refractivity (Wildman–Crippen MR) is 110 cm³/mol. The van der Waals surface area contributed by atoms with Crippen molar-refractivity contribution in [3.05, 3.63) is 65.5 Å². The first-order valence-corrected chi connectivity index (χ1v) is 9.96. The SMILES string of the molecule is CC(C)(C)OC(=O)NC(Cc1ccc(F)cc1)C(=O)N(F)c1ccc(C2CC2)cc1. The molecule has 2 amide bonds. The molecule has 0 heterocycles. The van der Waals surface area contributed by atoms with E-state index in [0.717, 1.165) is 18.4 Å². The van der Waals surface area contributed by atoms with Gasteiger partial charge in [0.15, 0.2) is 0 Å². The van der Waals surface area contributed by atoms with Crippen LogP contribution < -0.4 is 10.4 Å². The van der Waals surface area contributed by atoms with Crippen molar-refractivity contribution in [3.8, 4) is 0 Å². The molecule has 0 radical (unpaired) electrons. The summed E-state index contributed by atoms with van der Waals surface area (Å²) in [5, 5.41) is 2.47. The molecule has 160 valence electrons. The average molecular weight is 416 g/mol. The van der Waals surface area contributed by atoms with Gasteiger partial charge >= 0.3 is 6.09 Å². The van der Waals surface area contributed by atoms with Crippen LogP contribution in [-0.2, 0) is 16.0 Å². The Hall–Kier alpha value is -2.96. The number of carbonyl (C=O) groups excluding carboxylic acids is 2. The third-order valence-electron chi connectivity index (χ3n) is 4.70. The number of alkyl carbamates (subject to hydrolysis) is 1. The zero-order valence-corrected chi connectivity index (χ0v) is 17.3. The summed E-state index contributed by atoms with van der Waals surface area (Å²) in [5.74, 6) is -0.850. The molecule has 1 unspecified atom stereocenters. The van der Waals surface area contributed by atoms with E-state index in [0.29, 0.717) is 11.5 Å².